The molecule has 0 radical (unpaired) electrons. The summed E-state index contributed by atoms with van der Waals surface area (Å²) in [4.78, 5) is 23.5. The van der Waals surface area contributed by atoms with E-state index in [9.17, 15) is 14.7 Å². The minimum absolute atomic E-state index is 0.0338. The standard InChI is InChI=1S/C21H32O4/c1-12(22)25-19-5-4-15-14-11-18(24)17-10-13(23)6-8-20(17,2)16(14)7-9-21(15,19)3/h14-19,24H,4-11H2,1-3H3/t14?,15?,16?,17?,18-,19?,20+,21-/m0/s1. The molecule has 0 amide bonds. The van der Waals surface area contributed by atoms with Gasteiger partial charge in [0.2, 0.25) is 0 Å². The van der Waals surface area contributed by atoms with Gasteiger partial charge in [-0.15, -0.1) is 0 Å². The minimum Gasteiger partial charge on any atom is -0.462 e. The maximum absolute atomic E-state index is 12.0. The summed E-state index contributed by atoms with van der Waals surface area (Å²) in [6.07, 6.45) is 6.99. The van der Waals surface area contributed by atoms with Crippen LogP contribution in [-0.4, -0.2) is 29.1 Å². The third-order valence-corrected chi connectivity index (χ3v) is 8.72. The number of fused-ring (bicyclic) bond motifs is 5. The Morgan fingerprint density at radius 2 is 1.80 bits per heavy atom. The summed E-state index contributed by atoms with van der Waals surface area (Å²) < 4.78 is 5.69. The number of hydrogen-bond acceptors (Lipinski definition) is 4. The van der Waals surface area contributed by atoms with Crippen LogP contribution in [0.4, 0.5) is 0 Å². The monoisotopic (exact) mass is 348 g/mol. The van der Waals surface area contributed by atoms with E-state index in [1.54, 1.807) is 0 Å². The highest BCUT2D eigenvalue weighted by Gasteiger charge is 2.62. The van der Waals surface area contributed by atoms with Crippen molar-refractivity contribution in [2.24, 2.45) is 34.5 Å². The zero-order valence-corrected chi connectivity index (χ0v) is 15.8. The van der Waals surface area contributed by atoms with Crippen LogP contribution in [0.15, 0.2) is 0 Å². The van der Waals surface area contributed by atoms with Gasteiger partial charge in [0.05, 0.1) is 6.10 Å². The SMILES string of the molecule is CC(=O)OC1CCC2C3C[C@H](O)C4CC(=O)CC[C@]4(C)C3CC[C@]12C. The van der Waals surface area contributed by atoms with Crippen molar-refractivity contribution in [2.45, 2.75) is 84.3 Å². The number of aliphatic hydroxyl groups excluding tert-OH is 1. The van der Waals surface area contributed by atoms with Crippen LogP contribution in [0.25, 0.3) is 0 Å². The quantitative estimate of drug-likeness (QED) is 0.737. The van der Waals surface area contributed by atoms with Crippen molar-refractivity contribution < 1.29 is 19.4 Å². The molecule has 5 unspecified atom stereocenters. The van der Waals surface area contributed by atoms with Gasteiger partial charge in [-0.3, -0.25) is 9.59 Å². The average molecular weight is 348 g/mol. The maximum atomic E-state index is 12.0. The molecule has 4 heteroatoms. The van der Waals surface area contributed by atoms with Gasteiger partial charge >= 0.3 is 5.97 Å². The molecule has 0 aromatic carbocycles. The van der Waals surface area contributed by atoms with Crippen LogP contribution < -0.4 is 0 Å². The summed E-state index contributed by atoms with van der Waals surface area (Å²) in [5.41, 5.74) is 0.150. The van der Waals surface area contributed by atoms with Crippen LogP contribution >= 0.6 is 0 Å². The predicted molar refractivity (Wildman–Crippen MR) is 93.7 cm³/mol. The summed E-state index contributed by atoms with van der Waals surface area (Å²) >= 11 is 0. The fraction of sp³-hybridized carbons (Fsp3) is 0.905. The van der Waals surface area contributed by atoms with Gasteiger partial charge in [0.15, 0.2) is 0 Å². The highest BCUT2D eigenvalue weighted by molar-refractivity contribution is 5.79. The molecule has 4 rings (SSSR count). The third kappa shape index (κ3) is 2.50. The Morgan fingerprint density at radius 3 is 2.52 bits per heavy atom. The van der Waals surface area contributed by atoms with Crippen molar-refractivity contribution >= 4 is 11.8 Å². The van der Waals surface area contributed by atoms with E-state index >= 15 is 0 Å². The van der Waals surface area contributed by atoms with Gasteiger partial charge in [-0.1, -0.05) is 13.8 Å². The third-order valence-electron chi connectivity index (χ3n) is 8.72. The lowest BCUT2D eigenvalue weighted by atomic mass is 9.44. The largest absolute Gasteiger partial charge is 0.462 e. The van der Waals surface area contributed by atoms with Crippen molar-refractivity contribution in [1.29, 1.82) is 0 Å². The molecule has 0 spiro atoms. The van der Waals surface area contributed by atoms with Gasteiger partial charge in [0.1, 0.15) is 11.9 Å². The molecule has 140 valence electrons. The first-order chi connectivity index (χ1) is 11.8. The second-order valence-corrected chi connectivity index (χ2v) is 9.75. The van der Waals surface area contributed by atoms with E-state index in [0.29, 0.717) is 36.4 Å². The Bertz CT molecular complexity index is 586. The summed E-state index contributed by atoms with van der Waals surface area (Å²) in [5, 5.41) is 10.9. The Kier molecular flexibility index (Phi) is 4.06. The molecule has 0 aliphatic heterocycles. The topological polar surface area (TPSA) is 63.6 Å². The van der Waals surface area contributed by atoms with Crippen molar-refractivity contribution in [1.82, 2.24) is 0 Å². The van der Waals surface area contributed by atoms with Gasteiger partial charge < -0.3 is 9.84 Å². The molecule has 8 atom stereocenters. The number of esters is 1. The smallest absolute Gasteiger partial charge is 0.302 e. The summed E-state index contributed by atoms with van der Waals surface area (Å²) in [6.45, 7) is 6.16. The lowest BCUT2D eigenvalue weighted by Crippen LogP contribution is -2.58. The first kappa shape index (κ1) is 17.5. The molecular formula is C21H32O4. The van der Waals surface area contributed by atoms with E-state index in [1.165, 1.54) is 6.92 Å². The van der Waals surface area contributed by atoms with Crippen LogP contribution in [0.2, 0.25) is 0 Å². The second kappa shape index (κ2) is 5.80. The van der Waals surface area contributed by atoms with Gasteiger partial charge in [-0.25, -0.2) is 0 Å². The van der Waals surface area contributed by atoms with Crippen molar-refractivity contribution in [3.63, 3.8) is 0 Å². The molecular weight excluding hydrogens is 316 g/mol. The normalized spacial score (nSPS) is 52.1. The molecule has 0 aromatic heterocycles. The molecule has 4 fully saturated rings. The number of rotatable bonds is 1. The number of hydrogen-bond donors (Lipinski definition) is 1. The molecule has 4 nitrogen and oxygen atoms in total. The van der Waals surface area contributed by atoms with Gasteiger partial charge in [0.25, 0.3) is 0 Å². The molecule has 4 aliphatic rings. The molecule has 0 aromatic rings. The zero-order valence-electron chi connectivity index (χ0n) is 15.8. The average Bonchev–Trinajstić information content (AvgIpc) is 2.86. The lowest BCUT2D eigenvalue weighted by Gasteiger charge is -2.61. The lowest BCUT2D eigenvalue weighted by molar-refractivity contribution is -0.176. The number of ketones is 1. The van der Waals surface area contributed by atoms with Crippen molar-refractivity contribution in [3.8, 4) is 0 Å². The van der Waals surface area contributed by atoms with Crippen LogP contribution in [-0.2, 0) is 14.3 Å². The maximum Gasteiger partial charge on any atom is 0.302 e. The summed E-state index contributed by atoms with van der Waals surface area (Å²) in [7, 11) is 0. The van der Waals surface area contributed by atoms with E-state index in [4.69, 9.17) is 4.74 Å². The van der Waals surface area contributed by atoms with Crippen molar-refractivity contribution in [3.05, 3.63) is 0 Å². The predicted octanol–water partition coefficient (Wildman–Crippen LogP) is 3.50. The first-order valence-electron chi connectivity index (χ1n) is 10.1. The van der Waals surface area contributed by atoms with Gasteiger partial charge in [-0.2, -0.15) is 0 Å². The van der Waals surface area contributed by atoms with Crippen molar-refractivity contribution in [2.75, 3.05) is 0 Å². The summed E-state index contributed by atoms with van der Waals surface area (Å²) in [6, 6.07) is 0. The molecule has 4 aliphatic carbocycles. The number of carbonyl (C=O) groups is 2. The van der Waals surface area contributed by atoms with E-state index in [-0.39, 0.29) is 34.9 Å². The van der Waals surface area contributed by atoms with E-state index in [0.717, 1.165) is 38.5 Å². The van der Waals surface area contributed by atoms with Crippen LogP contribution in [0.5, 0.6) is 0 Å². The van der Waals surface area contributed by atoms with Crippen LogP contribution in [0.1, 0.15) is 72.1 Å². The Balaban J connectivity index is 1.62. The van der Waals surface area contributed by atoms with E-state index in [1.807, 2.05) is 0 Å². The highest BCUT2D eigenvalue weighted by Crippen LogP contribution is 2.66. The fourth-order valence-corrected chi connectivity index (χ4v) is 7.43. The molecule has 0 bridgehead atoms. The molecule has 1 N–H and O–H groups in total. The molecule has 25 heavy (non-hydrogen) atoms. The van der Waals surface area contributed by atoms with E-state index < -0.39 is 0 Å². The molecule has 4 saturated carbocycles. The van der Waals surface area contributed by atoms with Crippen LogP contribution in [0, 0.1) is 34.5 Å². The Labute approximate surface area is 150 Å². The summed E-state index contributed by atoms with van der Waals surface area (Å²) in [5.74, 6) is 1.93. The highest BCUT2D eigenvalue weighted by atomic mass is 16.5. The second-order valence-electron chi connectivity index (χ2n) is 9.75. The minimum atomic E-state index is -0.356. The van der Waals surface area contributed by atoms with Crippen LogP contribution in [0.3, 0.4) is 0 Å². The van der Waals surface area contributed by atoms with E-state index in [2.05, 4.69) is 13.8 Å². The number of ether oxygens (including phenoxy) is 1. The fourth-order valence-electron chi connectivity index (χ4n) is 7.43. The first-order valence-corrected chi connectivity index (χ1v) is 10.1. The Morgan fingerprint density at radius 1 is 1.08 bits per heavy atom. The number of Topliss-reactive ketones (excluding diaryl/α,β-unsaturated/α-hetero) is 1. The Hall–Kier alpha value is -0.900. The molecule has 0 saturated heterocycles. The van der Waals surface area contributed by atoms with Gasteiger partial charge in [-0.05, 0) is 67.6 Å². The number of aliphatic hydroxyl groups is 1. The molecule has 0 heterocycles. The number of carbonyl (C=O) groups excluding carboxylic acids is 2. The van der Waals surface area contributed by atoms with Gasteiger partial charge in [0, 0.05) is 25.2 Å². The zero-order chi connectivity index (χ0) is 18.0.